The molecule has 3 heteroatoms. The molecule has 1 fully saturated rings. The number of para-hydroxylation sites is 1. The summed E-state index contributed by atoms with van der Waals surface area (Å²) in [6.45, 7) is 4.57. The molecule has 1 aromatic rings. The van der Waals surface area contributed by atoms with E-state index >= 15 is 0 Å². The lowest BCUT2D eigenvalue weighted by atomic mass is 10.0. The Balaban J connectivity index is 1.97. The molecule has 17 heavy (non-hydrogen) atoms. The van der Waals surface area contributed by atoms with Gasteiger partial charge in [0, 0.05) is 18.8 Å². The van der Waals surface area contributed by atoms with Gasteiger partial charge in [-0.2, -0.15) is 0 Å². The van der Waals surface area contributed by atoms with Gasteiger partial charge in [0.05, 0.1) is 12.5 Å². The fourth-order valence-electron chi connectivity index (χ4n) is 2.14. The third kappa shape index (κ3) is 3.36. The van der Waals surface area contributed by atoms with E-state index in [2.05, 4.69) is 13.0 Å². The Morgan fingerprint density at radius 1 is 1.35 bits per heavy atom. The van der Waals surface area contributed by atoms with Crippen molar-refractivity contribution in [3.05, 3.63) is 29.3 Å². The Hall–Kier alpha value is -0.730. The summed E-state index contributed by atoms with van der Waals surface area (Å²) in [4.78, 5) is 0. The van der Waals surface area contributed by atoms with Gasteiger partial charge in [0.1, 0.15) is 5.75 Å². The summed E-state index contributed by atoms with van der Waals surface area (Å²) < 4.78 is 11.3. The predicted molar refractivity (Wildman–Crippen MR) is 69.8 cm³/mol. The minimum atomic E-state index is 0.505. The molecule has 1 aliphatic heterocycles. The first-order valence-corrected chi connectivity index (χ1v) is 6.69. The highest BCUT2D eigenvalue weighted by Gasteiger charge is 2.15. The molecule has 0 N–H and O–H groups in total. The number of rotatable bonds is 4. The summed E-state index contributed by atoms with van der Waals surface area (Å²) >= 11 is 5.93. The molecule has 0 radical (unpaired) electrons. The van der Waals surface area contributed by atoms with Crippen molar-refractivity contribution in [2.24, 2.45) is 5.92 Å². The molecular weight excluding hydrogens is 236 g/mol. The minimum Gasteiger partial charge on any atom is -0.493 e. The number of hydrogen-bond acceptors (Lipinski definition) is 2. The number of benzene rings is 1. The van der Waals surface area contributed by atoms with Gasteiger partial charge in [-0.25, -0.2) is 0 Å². The van der Waals surface area contributed by atoms with Crippen LogP contribution in [0, 0.1) is 12.8 Å². The lowest BCUT2D eigenvalue weighted by molar-refractivity contribution is 0.0495. The van der Waals surface area contributed by atoms with Gasteiger partial charge in [0.15, 0.2) is 0 Å². The van der Waals surface area contributed by atoms with E-state index < -0.39 is 0 Å². The zero-order chi connectivity index (χ0) is 12.1. The van der Waals surface area contributed by atoms with Crippen LogP contribution in [-0.4, -0.2) is 19.8 Å². The summed E-state index contributed by atoms with van der Waals surface area (Å²) in [6.07, 6.45) is 2.20. The van der Waals surface area contributed by atoms with E-state index in [-0.39, 0.29) is 0 Å². The first-order chi connectivity index (χ1) is 8.31. The van der Waals surface area contributed by atoms with Crippen LogP contribution < -0.4 is 4.74 Å². The van der Waals surface area contributed by atoms with Crippen molar-refractivity contribution in [1.82, 2.24) is 0 Å². The van der Waals surface area contributed by atoms with E-state index in [0.717, 1.165) is 49.5 Å². The zero-order valence-corrected chi connectivity index (χ0v) is 11.0. The lowest BCUT2D eigenvalue weighted by Gasteiger charge is -2.23. The molecule has 1 heterocycles. The number of alkyl halides is 1. The predicted octanol–water partition coefficient (Wildman–Crippen LogP) is 3.54. The highest BCUT2D eigenvalue weighted by molar-refractivity contribution is 6.17. The van der Waals surface area contributed by atoms with E-state index in [1.165, 1.54) is 0 Å². The van der Waals surface area contributed by atoms with Crippen LogP contribution in [0.15, 0.2) is 18.2 Å². The van der Waals surface area contributed by atoms with Crippen molar-refractivity contribution in [3.63, 3.8) is 0 Å². The average molecular weight is 255 g/mol. The number of ether oxygens (including phenoxy) is 2. The van der Waals surface area contributed by atoms with Crippen LogP contribution in [0.25, 0.3) is 0 Å². The van der Waals surface area contributed by atoms with Crippen LogP contribution in [0.1, 0.15) is 24.0 Å². The first-order valence-electron chi connectivity index (χ1n) is 6.16. The highest BCUT2D eigenvalue weighted by Crippen LogP contribution is 2.26. The Kier molecular flexibility index (Phi) is 4.69. The maximum absolute atomic E-state index is 5.96. The van der Waals surface area contributed by atoms with Crippen molar-refractivity contribution >= 4 is 11.6 Å². The van der Waals surface area contributed by atoms with E-state index in [1.54, 1.807) is 0 Å². The smallest absolute Gasteiger partial charge is 0.126 e. The minimum absolute atomic E-state index is 0.505. The largest absolute Gasteiger partial charge is 0.493 e. The van der Waals surface area contributed by atoms with Gasteiger partial charge < -0.3 is 9.47 Å². The molecule has 0 aromatic heterocycles. The Bertz CT molecular complexity index is 359. The van der Waals surface area contributed by atoms with Gasteiger partial charge in [0.2, 0.25) is 0 Å². The summed E-state index contributed by atoms with van der Waals surface area (Å²) in [7, 11) is 0. The topological polar surface area (TPSA) is 18.5 Å². The van der Waals surface area contributed by atoms with Gasteiger partial charge >= 0.3 is 0 Å². The monoisotopic (exact) mass is 254 g/mol. The van der Waals surface area contributed by atoms with Crippen molar-refractivity contribution in [2.45, 2.75) is 25.6 Å². The quantitative estimate of drug-likeness (QED) is 0.766. The summed E-state index contributed by atoms with van der Waals surface area (Å²) in [5, 5.41) is 0. The molecule has 0 unspecified atom stereocenters. The summed E-state index contributed by atoms with van der Waals surface area (Å²) in [6, 6.07) is 6.11. The Morgan fingerprint density at radius 2 is 2.12 bits per heavy atom. The molecule has 0 bridgehead atoms. The van der Waals surface area contributed by atoms with Crippen LogP contribution in [0.5, 0.6) is 5.75 Å². The second kappa shape index (κ2) is 6.27. The lowest BCUT2D eigenvalue weighted by Crippen LogP contribution is -2.21. The van der Waals surface area contributed by atoms with E-state index in [0.29, 0.717) is 11.8 Å². The van der Waals surface area contributed by atoms with Crippen LogP contribution >= 0.6 is 11.6 Å². The SMILES string of the molecule is Cc1cccc(CCl)c1OCC1CCOCC1. The molecule has 0 saturated carbocycles. The molecule has 1 aromatic carbocycles. The Morgan fingerprint density at radius 3 is 2.82 bits per heavy atom. The third-order valence-corrected chi connectivity index (χ3v) is 3.53. The van der Waals surface area contributed by atoms with Crippen molar-refractivity contribution in [2.75, 3.05) is 19.8 Å². The zero-order valence-electron chi connectivity index (χ0n) is 10.2. The normalized spacial score (nSPS) is 17.1. The van der Waals surface area contributed by atoms with E-state index in [4.69, 9.17) is 21.1 Å². The van der Waals surface area contributed by atoms with Gasteiger partial charge in [0.25, 0.3) is 0 Å². The maximum Gasteiger partial charge on any atom is 0.126 e. The molecule has 0 aliphatic carbocycles. The molecule has 1 aliphatic rings. The standard InChI is InChI=1S/C14H19ClO2/c1-11-3-2-4-13(9-15)14(11)17-10-12-5-7-16-8-6-12/h2-4,12H,5-10H2,1H3. The summed E-state index contributed by atoms with van der Waals surface area (Å²) in [5.74, 6) is 2.09. The number of hydrogen-bond donors (Lipinski definition) is 0. The molecule has 0 spiro atoms. The van der Waals surface area contributed by atoms with Gasteiger partial charge in [-0.05, 0) is 31.2 Å². The number of halogens is 1. The van der Waals surface area contributed by atoms with Crippen LogP contribution in [0.4, 0.5) is 0 Å². The highest BCUT2D eigenvalue weighted by atomic mass is 35.5. The van der Waals surface area contributed by atoms with Gasteiger partial charge in [-0.1, -0.05) is 18.2 Å². The molecule has 1 saturated heterocycles. The van der Waals surface area contributed by atoms with Crippen molar-refractivity contribution in [1.29, 1.82) is 0 Å². The van der Waals surface area contributed by atoms with Crippen LogP contribution in [0.3, 0.4) is 0 Å². The van der Waals surface area contributed by atoms with Crippen LogP contribution in [-0.2, 0) is 10.6 Å². The fraction of sp³-hybridized carbons (Fsp3) is 0.571. The Labute approximate surface area is 108 Å². The first kappa shape index (κ1) is 12.7. The second-order valence-corrected chi connectivity index (χ2v) is 4.83. The fourth-order valence-corrected chi connectivity index (χ4v) is 2.35. The molecule has 94 valence electrons. The van der Waals surface area contributed by atoms with Crippen molar-refractivity contribution in [3.8, 4) is 5.75 Å². The third-order valence-electron chi connectivity index (χ3n) is 3.24. The van der Waals surface area contributed by atoms with E-state index in [1.807, 2.05) is 12.1 Å². The average Bonchev–Trinajstić information content (AvgIpc) is 2.38. The van der Waals surface area contributed by atoms with Gasteiger partial charge in [-0.15, -0.1) is 11.6 Å². The van der Waals surface area contributed by atoms with Crippen molar-refractivity contribution < 1.29 is 9.47 Å². The molecule has 2 rings (SSSR count). The maximum atomic E-state index is 5.96. The molecule has 2 nitrogen and oxygen atoms in total. The second-order valence-electron chi connectivity index (χ2n) is 4.56. The van der Waals surface area contributed by atoms with Gasteiger partial charge in [-0.3, -0.25) is 0 Å². The molecule has 0 amide bonds. The summed E-state index contributed by atoms with van der Waals surface area (Å²) in [5.41, 5.74) is 2.24. The molecular formula is C14H19ClO2. The van der Waals surface area contributed by atoms with Crippen LogP contribution in [0.2, 0.25) is 0 Å². The van der Waals surface area contributed by atoms with E-state index in [9.17, 15) is 0 Å². The number of aryl methyl sites for hydroxylation is 1. The molecule has 0 atom stereocenters.